The summed E-state index contributed by atoms with van der Waals surface area (Å²) in [6.07, 6.45) is 6.25. The lowest BCUT2D eigenvalue weighted by Crippen LogP contribution is -2.52. The van der Waals surface area contributed by atoms with Crippen LogP contribution < -0.4 is 15.8 Å². The van der Waals surface area contributed by atoms with Crippen LogP contribution in [0.4, 0.5) is 4.79 Å². The largest absolute Gasteiger partial charge is 0.488 e. The van der Waals surface area contributed by atoms with Gasteiger partial charge >= 0.3 is 6.09 Å². The fraction of sp³-hybridized carbons (Fsp3) is 0.511. The van der Waals surface area contributed by atoms with Crippen molar-refractivity contribution in [1.82, 2.24) is 35.1 Å². The van der Waals surface area contributed by atoms with E-state index >= 15 is 0 Å². The van der Waals surface area contributed by atoms with Gasteiger partial charge in [0, 0.05) is 23.0 Å². The SMILES string of the molecule is COC(=O)N[C@H](C(=O)N1[C@@H](C)CC[C@H]1c1ncc(-c2ccc3c(c2)COc2cc4c(ccc5[nH]c([C@@H]6CC[C@H](C)N6C(=O)[C@@H](N)C6C[C@@H](C)O[C@@H](C)C6)nc54)cc2-3)[nH]1)C(C)C. The average Bonchev–Trinajstić information content (AvgIpc) is 4.06. The molecule has 5 aromatic rings. The second kappa shape index (κ2) is 16.1. The molecule has 0 spiro atoms. The number of methoxy groups -OCH3 is 1. The van der Waals surface area contributed by atoms with Gasteiger partial charge in [0.05, 0.1) is 60.4 Å². The Kier molecular flexibility index (Phi) is 10.8. The highest BCUT2D eigenvalue weighted by molar-refractivity contribution is 6.07. The molecule has 0 radical (unpaired) electrons. The number of amides is 3. The minimum atomic E-state index is -0.710. The zero-order valence-corrected chi connectivity index (χ0v) is 36.2. The maximum Gasteiger partial charge on any atom is 0.407 e. The number of benzene rings is 3. The molecule has 0 saturated carbocycles. The van der Waals surface area contributed by atoms with Gasteiger partial charge in [-0.15, -0.1) is 0 Å². The predicted octanol–water partition coefficient (Wildman–Crippen LogP) is 7.68. The molecule has 6 heterocycles. The molecule has 3 amide bonds. The van der Waals surface area contributed by atoms with Crippen LogP contribution in [0.3, 0.4) is 0 Å². The first-order chi connectivity index (χ1) is 29.3. The van der Waals surface area contributed by atoms with Gasteiger partial charge in [-0.3, -0.25) is 9.59 Å². The summed E-state index contributed by atoms with van der Waals surface area (Å²) in [5, 5.41) is 4.77. The minimum absolute atomic E-state index is 0.00269. The highest BCUT2D eigenvalue weighted by Crippen LogP contribution is 2.44. The lowest BCUT2D eigenvalue weighted by molar-refractivity contribution is -0.139. The molecule has 0 aliphatic carbocycles. The molecule has 5 N–H and O–H groups in total. The lowest BCUT2D eigenvalue weighted by Gasteiger charge is -2.37. The van der Waals surface area contributed by atoms with Crippen LogP contribution in [0.2, 0.25) is 0 Å². The van der Waals surface area contributed by atoms with Gasteiger partial charge in [-0.1, -0.05) is 32.0 Å². The highest BCUT2D eigenvalue weighted by atomic mass is 16.5. The molecule has 2 aromatic heterocycles. The van der Waals surface area contributed by atoms with E-state index < -0.39 is 18.2 Å². The zero-order chi connectivity index (χ0) is 42.9. The Morgan fingerprint density at radius 2 is 1.57 bits per heavy atom. The van der Waals surface area contributed by atoms with Crippen LogP contribution in [-0.4, -0.2) is 91.1 Å². The van der Waals surface area contributed by atoms with E-state index in [0.717, 1.165) is 106 Å². The number of likely N-dealkylation sites (tertiary alicyclic amines) is 2. The van der Waals surface area contributed by atoms with E-state index in [1.165, 1.54) is 7.11 Å². The zero-order valence-electron chi connectivity index (χ0n) is 36.2. The number of carbonyl (C=O) groups excluding carboxylic acids is 3. The molecule has 1 unspecified atom stereocenters. The number of rotatable bonds is 8. The van der Waals surface area contributed by atoms with Gasteiger partial charge in [0.15, 0.2) is 0 Å². The van der Waals surface area contributed by atoms with Crippen molar-refractivity contribution in [1.29, 1.82) is 0 Å². The van der Waals surface area contributed by atoms with Gasteiger partial charge < -0.3 is 45.0 Å². The van der Waals surface area contributed by atoms with Gasteiger partial charge in [0.25, 0.3) is 0 Å². The number of fused-ring (bicyclic) bond motifs is 6. The monoisotopic (exact) mass is 830 g/mol. The van der Waals surface area contributed by atoms with Crippen LogP contribution in [0.25, 0.3) is 44.2 Å². The van der Waals surface area contributed by atoms with Crippen LogP contribution in [0.15, 0.2) is 48.7 Å². The van der Waals surface area contributed by atoms with Crippen LogP contribution >= 0.6 is 0 Å². The van der Waals surface area contributed by atoms with Crippen molar-refractivity contribution in [2.24, 2.45) is 17.6 Å². The van der Waals surface area contributed by atoms with E-state index in [-0.39, 0.29) is 60.0 Å². The fourth-order valence-electron chi connectivity index (χ4n) is 10.5. The normalized spacial score (nSPS) is 26.0. The summed E-state index contributed by atoms with van der Waals surface area (Å²) >= 11 is 0. The van der Waals surface area contributed by atoms with E-state index in [4.69, 9.17) is 29.9 Å². The van der Waals surface area contributed by atoms with Gasteiger partial charge in [0.1, 0.15) is 30.0 Å². The third-order valence-electron chi connectivity index (χ3n) is 13.7. The Bertz CT molecular complexity index is 2490. The molecule has 3 aromatic carbocycles. The van der Waals surface area contributed by atoms with E-state index in [1.54, 1.807) is 0 Å². The summed E-state index contributed by atoms with van der Waals surface area (Å²) in [5.41, 5.74) is 13.5. The third-order valence-corrected chi connectivity index (χ3v) is 13.7. The maximum atomic E-state index is 14.1. The second-order valence-corrected chi connectivity index (χ2v) is 18.2. The van der Waals surface area contributed by atoms with Crippen molar-refractivity contribution >= 4 is 39.7 Å². The number of imidazole rings is 2. The van der Waals surface area contributed by atoms with Crippen molar-refractivity contribution in [3.8, 4) is 28.1 Å². The summed E-state index contributed by atoms with van der Waals surface area (Å²) in [5.74, 6) is 2.12. The third kappa shape index (κ3) is 7.41. The van der Waals surface area contributed by atoms with E-state index in [2.05, 4.69) is 78.5 Å². The van der Waals surface area contributed by atoms with Crippen LogP contribution in [-0.2, 0) is 25.7 Å². The first-order valence-corrected chi connectivity index (χ1v) is 22.0. The number of H-pyrrole nitrogens is 2. The second-order valence-electron chi connectivity index (χ2n) is 18.2. The number of hydrogen-bond acceptors (Lipinski definition) is 9. The number of nitrogens with zero attached hydrogens (tertiary/aromatic N) is 4. The van der Waals surface area contributed by atoms with E-state index in [0.29, 0.717) is 6.61 Å². The van der Waals surface area contributed by atoms with Crippen LogP contribution in [0.1, 0.15) is 109 Å². The number of alkyl carbamates (subject to hydrolysis) is 1. The molecule has 9 atom stereocenters. The number of aromatic amines is 2. The number of carbonyl (C=O) groups is 3. The standard InChI is InChI=1S/C47H58N8O6/c1-23(2)41(53-47(58)59-7)46(57)55-25(4)8-14-37(55)43-49-21-36(51-43)29-10-12-32-31(18-29)22-60-39-20-33-28(19-34(32)39)11-13-35-42(33)52-44(50-35)38-15-9-24(3)54(38)45(56)40(48)30-16-26(5)61-27(6)17-30/h10-13,18-21,23-27,30,37-38,40-41H,8-9,14-17,22,48H2,1-7H3,(H,49,51)(H,50,52)(H,53,58)/t24-,25-,26-,27+,30?,37-,38-,40-,41-/m0/s1. The Morgan fingerprint density at radius 1 is 0.869 bits per heavy atom. The topological polar surface area (TPSA) is 181 Å². The van der Waals surface area contributed by atoms with Gasteiger partial charge in [0.2, 0.25) is 11.8 Å². The summed E-state index contributed by atoms with van der Waals surface area (Å²) < 4.78 is 17.2. The molecule has 14 nitrogen and oxygen atoms in total. The molecule has 322 valence electrons. The Balaban J connectivity index is 0.956. The summed E-state index contributed by atoms with van der Waals surface area (Å²) in [7, 11) is 1.30. The molecule has 0 bridgehead atoms. The minimum Gasteiger partial charge on any atom is -0.488 e. The molecule has 4 aliphatic rings. The van der Waals surface area contributed by atoms with Crippen LogP contribution in [0.5, 0.6) is 5.75 Å². The molecule has 14 heteroatoms. The van der Waals surface area contributed by atoms with Crippen molar-refractivity contribution in [2.45, 2.75) is 135 Å². The van der Waals surface area contributed by atoms with Gasteiger partial charge in [-0.05, 0) is 124 Å². The van der Waals surface area contributed by atoms with E-state index in [1.807, 2.05) is 36.8 Å². The molecule has 3 fully saturated rings. The van der Waals surface area contributed by atoms with Gasteiger partial charge in [-0.2, -0.15) is 0 Å². The number of aromatic nitrogens is 4. The molecule has 9 rings (SSSR count). The highest BCUT2D eigenvalue weighted by Gasteiger charge is 2.43. The van der Waals surface area contributed by atoms with Crippen molar-refractivity contribution in [3.05, 3.63) is 65.9 Å². The first kappa shape index (κ1) is 40.9. The number of hydrogen-bond donors (Lipinski definition) is 4. The van der Waals surface area contributed by atoms with Crippen molar-refractivity contribution in [2.75, 3.05) is 7.11 Å². The van der Waals surface area contributed by atoms with Crippen LogP contribution in [0, 0.1) is 11.8 Å². The summed E-state index contributed by atoms with van der Waals surface area (Å²) in [4.78, 5) is 61.0. The van der Waals surface area contributed by atoms with Gasteiger partial charge in [-0.25, -0.2) is 14.8 Å². The molecular weight excluding hydrogens is 773 g/mol. The lowest BCUT2D eigenvalue weighted by atomic mass is 9.86. The number of nitrogens with two attached hydrogens (primary N) is 1. The number of nitrogens with one attached hydrogen (secondary N) is 3. The Labute approximate surface area is 356 Å². The molecule has 61 heavy (non-hydrogen) atoms. The average molecular weight is 831 g/mol. The molecular formula is C47H58N8O6. The van der Waals surface area contributed by atoms with E-state index in [9.17, 15) is 14.4 Å². The molecule has 4 aliphatic heterocycles. The quantitative estimate of drug-likeness (QED) is 0.122. The number of ether oxygens (including phenoxy) is 3. The summed E-state index contributed by atoms with van der Waals surface area (Å²) in [6, 6.07) is 13.2. The summed E-state index contributed by atoms with van der Waals surface area (Å²) in [6.45, 7) is 12.5. The Morgan fingerprint density at radius 3 is 2.28 bits per heavy atom. The Hall–Kier alpha value is -5.47. The first-order valence-electron chi connectivity index (χ1n) is 22.0. The smallest absolute Gasteiger partial charge is 0.407 e. The van der Waals surface area contributed by atoms with Crippen molar-refractivity contribution in [3.63, 3.8) is 0 Å². The predicted molar refractivity (Wildman–Crippen MR) is 232 cm³/mol. The fourth-order valence-corrected chi connectivity index (χ4v) is 10.5. The maximum absolute atomic E-state index is 14.1. The molecule has 3 saturated heterocycles. The van der Waals surface area contributed by atoms with Crippen molar-refractivity contribution < 1.29 is 28.6 Å².